The van der Waals surface area contributed by atoms with Crippen molar-refractivity contribution in [1.82, 2.24) is 0 Å². The molecule has 0 aliphatic carbocycles. The van der Waals surface area contributed by atoms with Crippen molar-refractivity contribution in [2.24, 2.45) is 10.8 Å². The predicted octanol–water partition coefficient (Wildman–Crippen LogP) is 1.25. The molecular weight excluding hydrogens is 190 g/mol. The lowest BCUT2D eigenvalue weighted by Gasteiger charge is -2.10. The van der Waals surface area contributed by atoms with Gasteiger partial charge in [0.2, 0.25) is 0 Å². The third-order valence-electron chi connectivity index (χ3n) is 2.23. The summed E-state index contributed by atoms with van der Waals surface area (Å²) in [6.45, 7) is 1.76. The maximum atomic E-state index is 11.8. The van der Waals surface area contributed by atoms with Gasteiger partial charge in [0.15, 0.2) is 0 Å². The lowest BCUT2D eigenvalue weighted by atomic mass is 10.2. The second-order valence-corrected chi connectivity index (χ2v) is 3.22. The number of anilines is 1. The van der Waals surface area contributed by atoms with E-state index in [-0.39, 0.29) is 5.91 Å². The number of carbonyl (C=O) groups is 1. The molecule has 0 spiro atoms. The van der Waals surface area contributed by atoms with Gasteiger partial charge in [0.1, 0.15) is 0 Å². The summed E-state index contributed by atoms with van der Waals surface area (Å²) in [5.41, 5.74) is 7.22. The zero-order chi connectivity index (χ0) is 10.8. The lowest BCUT2D eigenvalue weighted by molar-refractivity contribution is -0.114. The average molecular weight is 201 g/mol. The van der Waals surface area contributed by atoms with Crippen LogP contribution >= 0.6 is 0 Å². The molecule has 0 aromatic heterocycles. The van der Waals surface area contributed by atoms with Crippen molar-refractivity contribution in [3.63, 3.8) is 0 Å². The van der Waals surface area contributed by atoms with Gasteiger partial charge in [0, 0.05) is 6.20 Å². The number of para-hydroxylation sites is 1. The molecule has 1 aliphatic heterocycles. The van der Waals surface area contributed by atoms with Crippen LogP contribution in [-0.4, -0.2) is 11.6 Å². The van der Waals surface area contributed by atoms with E-state index in [1.165, 1.54) is 11.2 Å². The molecule has 0 atom stereocenters. The quantitative estimate of drug-likeness (QED) is 0.695. The SMILES string of the molecule is CC1=NN(c2ccccc2)C(=O)/C1=C/N. The van der Waals surface area contributed by atoms with Crippen LogP contribution in [0.1, 0.15) is 6.92 Å². The Kier molecular flexibility index (Phi) is 2.25. The van der Waals surface area contributed by atoms with E-state index in [4.69, 9.17) is 5.73 Å². The number of amides is 1. The molecule has 0 saturated heterocycles. The summed E-state index contributed by atoms with van der Waals surface area (Å²) in [5, 5.41) is 5.50. The van der Waals surface area contributed by atoms with Crippen molar-refractivity contribution >= 4 is 17.3 Å². The fourth-order valence-electron chi connectivity index (χ4n) is 1.45. The van der Waals surface area contributed by atoms with Crippen molar-refractivity contribution in [3.05, 3.63) is 42.1 Å². The van der Waals surface area contributed by atoms with E-state index in [0.29, 0.717) is 11.3 Å². The first-order chi connectivity index (χ1) is 7.24. The molecule has 4 heteroatoms. The smallest absolute Gasteiger partial charge is 0.282 e. The number of nitrogens with zero attached hydrogens (tertiary/aromatic N) is 2. The van der Waals surface area contributed by atoms with Gasteiger partial charge >= 0.3 is 0 Å². The highest BCUT2D eigenvalue weighted by molar-refractivity contribution is 6.29. The van der Waals surface area contributed by atoms with Crippen molar-refractivity contribution in [2.75, 3.05) is 5.01 Å². The molecule has 76 valence electrons. The fourth-order valence-corrected chi connectivity index (χ4v) is 1.45. The summed E-state index contributed by atoms with van der Waals surface area (Å²) in [6.07, 6.45) is 1.30. The fraction of sp³-hybridized carbons (Fsp3) is 0.0909. The second kappa shape index (κ2) is 3.57. The van der Waals surface area contributed by atoms with E-state index >= 15 is 0 Å². The van der Waals surface area contributed by atoms with Crippen LogP contribution in [0.2, 0.25) is 0 Å². The van der Waals surface area contributed by atoms with Crippen molar-refractivity contribution in [3.8, 4) is 0 Å². The largest absolute Gasteiger partial charge is 0.404 e. The molecule has 0 fully saturated rings. The standard InChI is InChI=1S/C11H11N3O/c1-8-10(7-12)11(15)14(13-8)9-5-3-2-4-6-9/h2-7H,12H2,1H3/b10-7+. The number of hydrogen-bond acceptors (Lipinski definition) is 3. The Hall–Kier alpha value is -2.10. The third-order valence-corrected chi connectivity index (χ3v) is 2.23. The van der Waals surface area contributed by atoms with Gasteiger partial charge in [-0.1, -0.05) is 18.2 Å². The number of carbonyl (C=O) groups excluding carboxylic acids is 1. The van der Waals surface area contributed by atoms with Crippen LogP contribution in [0.4, 0.5) is 5.69 Å². The van der Waals surface area contributed by atoms with Gasteiger partial charge in [-0.3, -0.25) is 4.79 Å². The monoisotopic (exact) mass is 201 g/mol. The number of hydrogen-bond donors (Lipinski definition) is 1. The molecule has 1 heterocycles. The molecule has 1 amide bonds. The Morgan fingerprint density at radius 1 is 1.33 bits per heavy atom. The molecule has 0 saturated carbocycles. The van der Waals surface area contributed by atoms with Crippen LogP contribution < -0.4 is 10.7 Å². The molecule has 0 unspecified atom stereocenters. The van der Waals surface area contributed by atoms with Crippen LogP contribution in [0.5, 0.6) is 0 Å². The van der Waals surface area contributed by atoms with Gasteiger partial charge in [-0.25, -0.2) is 0 Å². The molecule has 1 aliphatic rings. The van der Waals surface area contributed by atoms with Gasteiger partial charge < -0.3 is 5.73 Å². The summed E-state index contributed by atoms with van der Waals surface area (Å²) >= 11 is 0. The molecule has 1 aromatic carbocycles. The van der Waals surface area contributed by atoms with Crippen LogP contribution in [0.25, 0.3) is 0 Å². The molecule has 2 rings (SSSR count). The molecule has 0 bridgehead atoms. The third kappa shape index (κ3) is 1.50. The summed E-state index contributed by atoms with van der Waals surface area (Å²) in [5.74, 6) is -0.179. The Labute approximate surface area is 87.7 Å². The topological polar surface area (TPSA) is 58.7 Å². The minimum atomic E-state index is -0.179. The van der Waals surface area contributed by atoms with E-state index in [9.17, 15) is 4.79 Å². The van der Waals surface area contributed by atoms with Gasteiger partial charge in [0.05, 0.1) is 17.0 Å². The molecule has 0 radical (unpaired) electrons. The van der Waals surface area contributed by atoms with Crippen molar-refractivity contribution in [1.29, 1.82) is 0 Å². The molecule has 1 aromatic rings. The number of benzene rings is 1. The van der Waals surface area contributed by atoms with E-state index in [2.05, 4.69) is 5.10 Å². The summed E-state index contributed by atoms with van der Waals surface area (Å²) in [6, 6.07) is 9.26. The second-order valence-electron chi connectivity index (χ2n) is 3.22. The highest BCUT2D eigenvalue weighted by Crippen LogP contribution is 2.22. The van der Waals surface area contributed by atoms with Crippen LogP contribution in [-0.2, 0) is 4.79 Å². The molecule has 15 heavy (non-hydrogen) atoms. The average Bonchev–Trinajstić information content (AvgIpc) is 2.55. The minimum Gasteiger partial charge on any atom is -0.404 e. The zero-order valence-electron chi connectivity index (χ0n) is 8.34. The van der Waals surface area contributed by atoms with Crippen LogP contribution in [0.3, 0.4) is 0 Å². The number of nitrogens with two attached hydrogens (primary N) is 1. The highest BCUT2D eigenvalue weighted by Gasteiger charge is 2.27. The van der Waals surface area contributed by atoms with Crippen molar-refractivity contribution in [2.45, 2.75) is 6.92 Å². The van der Waals surface area contributed by atoms with E-state index in [1.54, 1.807) is 6.92 Å². The first-order valence-electron chi connectivity index (χ1n) is 4.61. The van der Waals surface area contributed by atoms with Gasteiger partial charge in [-0.15, -0.1) is 0 Å². The maximum Gasteiger partial charge on any atom is 0.282 e. The Morgan fingerprint density at radius 3 is 2.53 bits per heavy atom. The number of hydrazone groups is 1. The summed E-state index contributed by atoms with van der Waals surface area (Å²) in [7, 11) is 0. The molecule has 2 N–H and O–H groups in total. The van der Waals surface area contributed by atoms with Gasteiger partial charge in [0.25, 0.3) is 5.91 Å². The summed E-state index contributed by atoms with van der Waals surface area (Å²) in [4.78, 5) is 11.8. The lowest BCUT2D eigenvalue weighted by Crippen LogP contribution is -2.21. The normalized spacial score (nSPS) is 18.5. The molecular formula is C11H11N3O. The van der Waals surface area contributed by atoms with Crippen LogP contribution in [0.15, 0.2) is 47.2 Å². The predicted molar refractivity (Wildman–Crippen MR) is 59.3 cm³/mol. The number of rotatable bonds is 1. The van der Waals surface area contributed by atoms with E-state index in [1.807, 2.05) is 30.3 Å². The van der Waals surface area contributed by atoms with Gasteiger partial charge in [-0.05, 0) is 19.1 Å². The van der Waals surface area contributed by atoms with Crippen LogP contribution in [0, 0.1) is 0 Å². The maximum absolute atomic E-state index is 11.8. The summed E-state index contributed by atoms with van der Waals surface area (Å²) < 4.78 is 0. The Bertz CT molecular complexity index is 448. The van der Waals surface area contributed by atoms with E-state index in [0.717, 1.165) is 5.69 Å². The molecule has 4 nitrogen and oxygen atoms in total. The minimum absolute atomic E-state index is 0.179. The van der Waals surface area contributed by atoms with E-state index < -0.39 is 0 Å². The Balaban J connectivity index is 2.40. The first kappa shape index (κ1) is 9.45. The first-order valence-corrected chi connectivity index (χ1v) is 4.61. The zero-order valence-corrected chi connectivity index (χ0v) is 8.34. The van der Waals surface area contributed by atoms with Gasteiger partial charge in [-0.2, -0.15) is 10.1 Å². The Morgan fingerprint density at radius 2 is 2.00 bits per heavy atom. The highest BCUT2D eigenvalue weighted by atomic mass is 16.2. The van der Waals surface area contributed by atoms with Crippen molar-refractivity contribution < 1.29 is 4.79 Å².